The van der Waals surface area contributed by atoms with Gasteiger partial charge >= 0.3 is 0 Å². The molecule has 0 saturated carbocycles. The molecule has 90 valence electrons. The lowest BCUT2D eigenvalue weighted by Crippen LogP contribution is -2.09. The van der Waals surface area contributed by atoms with Gasteiger partial charge in [-0.25, -0.2) is 9.97 Å². The molecule has 1 amide bonds. The van der Waals surface area contributed by atoms with Crippen LogP contribution in [-0.4, -0.2) is 15.9 Å². The van der Waals surface area contributed by atoms with Gasteiger partial charge in [0.15, 0.2) is 5.82 Å². The van der Waals surface area contributed by atoms with E-state index in [0.29, 0.717) is 5.82 Å². The van der Waals surface area contributed by atoms with E-state index in [0.717, 1.165) is 5.56 Å². The Kier molecular flexibility index (Phi) is 4.04. The van der Waals surface area contributed by atoms with Crippen molar-refractivity contribution < 1.29 is 4.79 Å². The molecule has 4 nitrogen and oxygen atoms in total. The van der Waals surface area contributed by atoms with E-state index in [2.05, 4.69) is 15.3 Å². The van der Waals surface area contributed by atoms with Crippen molar-refractivity contribution in [1.29, 1.82) is 0 Å². The van der Waals surface area contributed by atoms with Gasteiger partial charge in [0, 0.05) is 6.08 Å². The fourth-order valence-corrected chi connectivity index (χ4v) is 1.38. The van der Waals surface area contributed by atoms with Crippen LogP contribution in [0.3, 0.4) is 0 Å². The van der Waals surface area contributed by atoms with E-state index in [1.807, 2.05) is 30.3 Å². The molecule has 5 heteroatoms. The van der Waals surface area contributed by atoms with Gasteiger partial charge in [0.2, 0.25) is 5.91 Å². The third-order valence-electron chi connectivity index (χ3n) is 2.10. The van der Waals surface area contributed by atoms with E-state index < -0.39 is 0 Å². The van der Waals surface area contributed by atoms with Crippen LogP contribution < -0.4 is 5.32 Å². The Morgan fingerprint density at radius 1 is 1.17 bits per heavy atom. The number of benzene rings is 1. The standard InChI is InChI=1S/C13H10ClN3O/c14-11-8-16-12(9-15-11)17-13(18)7-6-10-4-2-1-3-5-10/h1-9H,(H,16,17,18)/b7-6+. The average molecular weight is 260 g/mol. The Morgan fingerprint density at radius 3 is 2.61 bits per heavy atom. The molecule has 0 aliphatic carbocycles. The van der Waals surface area contributed by atoms with Gasteiger partial charge in [-0.1, -0.05) is 41.9 Å². The van der Waals surface area contributed by atoms with E-state index >= 15 is 0 Å². The van der Waals surface area contributed by atoms with Gasteiger partial charge in [0.05, 0.1) is 12.4 Å². The summed E-state index contributed by atoms with van der Waals surface area (Å²) in [4.78, 5) is 19.3. The molecule has 2 rings (SSSR count). The minimum absolute atomic E-state index is 0.268. The summed E-state index contributed by atoms with van der Waals surface area (Å²) in [5.74, 6) is 0.0950. The molecule has 0 aliphatic rings. The van der Waals surface area contributed by atoms with Crippen molar-refractivity contribution in [1.82, 2.24) is 9.97 Å². The SMILES string of the molecule is O=C(/C=C/c1ccccc1)Nc1cnc(Cl)cn1. The van der Waals surface area contributed by atoms with Gasteiger partial charge in [-0.3, -0.25) is 4.79 Å². The number of carbonyl (C=O) groups excluding carboxylic acids is 1. The van der Waals surface area contributed by atoms with Crippen LogP contribution in [0.1, 0.15) is 5.56 Å². The van der Waals surface area contributed by atoms with Crippen LogP contribution in [0.2, 0.25) is 5.15 Å². The summed E-state index contributed by atoms with van der Waals surface area (Å²) >= 11 is 5.59. The number of hydrogen-bond acceptors (Lipinski definition) is 3. The van der Waals surface area contributed by atoms with E-state index in [-0.39, 0.29) is 11.1 Å². The fraction of sp³-hybridized carbons (Fsp3) is 0. The highest BCUT2D eigenvalue weighted by atomic mass is 35.5. The number of rotatable bonds is 3. The van der Waals surface area contributed by atoms with Crippen LogP contribution in [0.5, 0.6) is 0 Å². The molecule has 1 N–H and O–H groups in total. The Bertz CT molecular complexity index is 552. The zero-order valence-corrected chi connectivity index (χ0v) is 10.1. The molecule has 1 aromatic carbocycles. The summed E-state index contributed by atoms with van der Waals surface area (Å²) in [6.07, 6.45) is 5.93. The molecular weight excluding hydrogens is 250 g/mol. The summed E-state index contributed by atoms with van der Waals surface area (Å²) in [5, 5.41) is 2.87. The van der Waals surface area contributed by atoms with E-state index in [1.54, 1.807) is 6.08 Å². The number of hydrogen-bond donors (Lipinski definition) is 1. The van der Waals surface area contributed by atoms with Gasteiger partial charge < -0.3 is 5.32 Å². The molecule has 0 atom stereocenters. The normalized spacial score (nSPS) is 10.5. The first-order valence-corrected chi connectivity index (χ1v) is 5.63. The fourth-order valence-electron chi connectivity index (χ4n) is 1.28. The third-order valence-corrected chi connectivity index (χ3v) is 2.29. The number of nitrogens with one attached hydrogen (secondary N) is 1. The second-order valence-electron chi connectivity index (χ2n) is 3.46. The number of aromatic nitrogens is 2. The minimum Gasteiger partial charge on any atom is -0.306 e. The summed E-state index contributed by atoms with van der Waals surface area (Å²) in [7, 11) is 0. The summed E-state index contributed by atoms with van der Waals surface area (Å²) in [6.45, 7) is 0. The maximum Gasteiger partial charge on any atom is 0.249 e. The highest BCUT2D eigenvalue weighted by molar-refractivity contribution is 6.29. The first-order valence-electron chi connectivity index (χ1n) is 5.26. The predicted molar refractivity (Wildman–Crippen MR) is 71.1 cm³/mol. The van der Waals surface area contributed by atoms with Crippen LogP contribution in [0.25, 0.3) is 6.08 Å². The molecule has 0 fully saturated rings. The third kappa shape index (κ3) is 3.68. The second kappa shape index (κ2) is 5.93. The van der Waals surface area contributed by atoms with Crippen LogP contribution >= 0.6 is 11.6 Å². The summed E-state index contributed by atoms with van der Waals surface area (Å²) < 4.78 is 0. The van der Waals surface area contributed by atoms with Crippen molar-refractivity contribution in [3.63, 3.8) is 0 Å². The van der Waals surface area contributed by atoms with Gasteiger partial charge in [0.25, 0.3) is 0 Å². The quantitative estimate of drug-likeness (QED) is 0.863. The Labute approximate surface area is 109 Å². The molecule has 1 aromatic heterocycles. The van der Waals surface area contributed by atoms with Crippen molar-refractivity contribution in [2.45, 2.75) is 0 Å². The van der Waals surface area contributed by atoms with Crippen LogP contribution in [0, 0.1) is 0 Å². The monoisotopic (exact) mass is 259 g/mol. The van der Waals surface area contributed by atoms with Crippen LogP contribution in [0.4, 0.5) is 5.82 Å². The molecular formula is C13H10ClN3O. The van der Waals surface area contributed by atoms with Crippen LogP contribution in [-0.2, 0) is 4.79 Å². The van der Waals surface area contributed by atoms with E-state index in [4.69, 9.17) is 11.6 Å². The van der Waals surface area contributed by atoms with Crippen molar-refractivity contribution in [3.05, 3.63) is 59.5 Å². The second-order valence-corrected chi connectivity index (χ2v) is 3.84. The topological polar surface area (TPSA) is 54.9 Å². The molecule has 0 spiro atoms. The Balaban J connectivity index is 1.97. The highest BCUT2D eigenvalue weighted by Gasteiger charge is 1.99. The molecule has 0 bridgehead atoms. The number of nitrogens with zero attached hydrogens (tertiary/aromatic N) is 2. The summed E-state index contributed by atoms with van der Waals surface area (Å²) in [6, 6.07) is 9.54. The van der Waals surface area contributed by atoms with E-state index in [9.17, 15) is 4.79 Å². The molecule has 2 aromatic rings. The van der Waals surface area contributed by atoms with Gasteiger partial charge in [-0.15, -0.1) is 0 Å². The molecule has 0 unspecified atom stereocenters. The zero-order valence-electron chi connectivity index (χ0n) is 9.38. The van der Waals surface area contributed by atoms with Gasteiger partial charge in [-0.2, -0.15) is 0 Å². The smallest absolute Gasteiger partial charge is 0.249 e. The number of amides is 1. The van der Waals surface area contributed by atoms with Crippen molar-refractivity contribution in [3.8, 4) is 0 Å². The zero-order chi connectivity index (χ0) is 12.8. The molecule has 1 heterocycles. The lowest BCUT2D eigenvalue weighted by Gasteiger charge is -1.99. The lowest BCUT2D eigenvalue weighted by atomic mass is 10.2. The van der Waals surface area contributed by atoms with E-state index in [1.165, 1.54) is 18.5 Å². The highest BCUT2D eigenvalue weighted by Crippen LogP contribution is 2.06. The Hall–Kier alpha value is -2.20. The Morgan fingerprint density at radius 2 is 1.94 bits per heavy atom. The predicted octanol–water partition coefficient (Wildman–Crippen LogP) is 2.78. The number of carbonyl (C=O) groups is 1. The van der Waals surface area contributed by atoms with Gasteiger partial charge in [-0.05, 0) is 11.6 Å². The number of anilines is 1. The lowest BCUT2D eigenvalue weighted by molar-refractivity contribution is -0.111. The molecule has 0 radical (unpaired) electrons. The van der Waals surface area contributed by atoms with Crippen molar-refractivity contribution >= 4 is 29.4 Å². The first kappa shape index (κ1) is 12.3. The number of halogens is 1. The minimum atomic E-state index is -0.268. The molecule has 0 aliphatic heterocycles. The maximum absolute atomic E-state index is 11.6. The molecule has 18 heavy (non-hydrogen) atoms. The van der Waals surface area contributed by atoms with Crippen molar-refractivity contribution in [2.75, 3.05) is 5.32 Å². The maximum atomic E-state index is 11.6. The van der Waals surface area contributed by atoms with Crippen molar-refractivity contribution in [2.24, 2.45) is 0 Å². The summed E-state index contributed by atoms with van der Waals surface area (Å²) in [5.41, 5.74) is 0.954. The molecule has 0 saturated heterocycles. The van der Waals surface area contributed by atoms with Gasteiger partial charge in [0.1, 0.15) is 5.15 Å². The largest absolute Gasteiger partial charge is 0.306 e. The average Bonchev–Trinajstić information content (AvgIpc) is 2.40. The first-order chi connectivity index (χ1) is 8.74. The van der Waals surface area contributed by atoms with Crippen LogP contribution in [0.15, 0.2) is 48.8 Å².